The van der Waals surface area contributed by atoms with Crippen molar-refractivity contribution in [2.24, 2.45) is 5.73 Å². The maximum absolute atomic E-state index is 11.7. The van der Waals surface area contributed by atoms with Gasteiger partial charge < -0.3 is 11.1 Å². The van der Waals surface area contributed by atoms with Gasteiger partial charge in [0.25, 0.3) is 0 Å². The van der Waals surface area contributed by atoms with Crippen molar-refractivity contribution in [2.45, 2.75) is 38.4 Å². The number of unbranched alkanes of at least 4 members (excludes halogenated alkanes) is 1. The van der Waals surface area contributed by atoms with Gasteiger partial charge in [0.1, 0.15) is 0 Å². The van der Waals surface area contributed by atoms with Crippen LogP contribution in [0.2, 0.25) is 0 Å². The molecule has 0 saturated carbocycles. The van der Waals surface area contributed by atoms with Crippen molar-refractivity contribution in [1.82, 2.24) is 5.32 Å². The molecule has 0 radical (unpaired) electrons. The SMILES string of the molecule is C[C@H](N)C(=O)NCCCCC(F)(F)F. The Balaban J connectivity index is 3.35. The summed E-state index contributed by atoms with van der Waals surface area (Å²) in [6.45, 7) is 1.77. The molecule has 3 N–H and O–H groups in total. The summed E-state index contributed by atoms with van der Waals surface area (Å²) in [5, 5.41) is 2.44. The van der Waals surface area contributed by atoms with Gasteiger partial charge in [-0.3, -0.25) is 4.79 Å². The largest absolute Gasteiger partial charge is 0.389 e. The third kappa shape index (κ3) is 7.85. The lowest BCUT2D eigenvalue weighted by molar-refractivity contribution is -0.135. The summed E-state index contributed by atoms with van der Waals surface area (Å²) in [4.78, 5) is 10.8. The fraction of sp³-hybridized carbons (Fsp3) is 0.875. The molecule has 6 heteroatoms. The number of carbonyl (C=O) groups is 1. The number of rotatable bonds is 5. The highest BCUT2D eigenvalue weighted by Gasteiger charge is 2.25. The molecule has 0 aromatic rings. The minimum absolute atomic E-state index is 0.0305. The highest BCUT2D eigenvalue weighted by Crippen LogP contribution is 2.21. The maximum Gasteiger partial charge on any atom is 0.389 e. The monoisotopic (exact) mass is 212 g/mol. The van der Waals surface area contributed by atoms with Gasteiger partial charge in [-0.15, -0.1) is 0 Å². The molecule has 0 fully saturated rings. The van der Waals surface area contributed by atoms with E-state index in [4.69, 9.17) is 5.73 Å². The summed E-state index contributed by atoms with van der Waals surface area (Å²) in [5.74, 6) is -0.336. The number of hydrogen-bond donors (Lipinski definition) is 2. The zero-order valence-electron chi connectivity index (χ0n) is 8.03. The van der Waals surface area contributed by atoms with Crippen LogP contribution in [0.15, 0.2) is 0 Å². The third-order valence-electron chi connectivity index (χ3n) is 1.60. The van der Waals surface area contributed by atoms with E-state index in [0.717, 1.165) is 0 Å². The molecule has 1 amide bonds. The van der Waals surface area contributed by atoms with Crippen LogP contribution in [0.3, 0.4) is 0 Å². The van der Waals surface area contributed by atoms with Gasteiger partial charge in [0, 0.05) is 13.0 Å². The highest BCUT2D eigenvalue weighted by molar-refractivity contribution is 5.80. The van der Waals surface area contributed by atoms with Crippen molar-refractivity contribution < 1.29 is 18.0 Å². The molecule has 0 unspecified atom stereocenters. The summed E-state index contributed by atoms with van der Waals surface area (Å²) in [6.07, 6.45) is -4.56. The lowest BCUT2D eigenvalue weighted by Crippen LogP contribution is -2.38. The van der Waals surface area contributed by atoms with Gasteiger partial charge in [-0.1, -0.05) is 0 Å². The molecule has 0 saturated heterocycles. The summed E-state index contributed by atoms with van der Waals surface area (Å²) in [7, 11) is 0. The lowest BCUT2D eigenvalue weighted by atomic mass is 10.2. The second kappa shape index (κ2) is 5.85. The summed E-state index contributed by atoms with van der Waals surface area (Å²) in [5.41, 5.74) is 5.23. The molecule has 0 spiro atoms. The Morgan fingerprint density at radius 2 is 2.00 bits per heavy atom. The molecule has 0 aliphatic carbocycles. The van der Waals surface area contributed by atoms with E-state index < -0.39 is 18.6 Å². The average Bonchev–Trinajstić information content (AvgIpc) is 2.01. The molecule has 0 bridgehead atoms. The second-order valence-electron chi connectivity index (χ2n) is 3.15. The van der Waals surface area contributed by atoms with E-state index in [0.29, 0.717) is 6.42 Å². The molecule has 3 nitrogen and oxygen atoms in total. The third-order valence-corrected chi connectivity index (χ3v) is 1.60. The predicted molar refractivity (Wildman–Crippen MR) is 46.6 cm³/mol. The van der Waals surface area contributed by atoms with Gasteiger partial charge >= 0.3 is 6.18 Å². The van der Waals surface area contributed by atoms with Gasteiger partial charge in [-0.25, -0.2) is 0 Å². The molecule has 1 atom stereocenters. The molecule has 84 valence electrons. The van der Waals surface area contributed by atoms with Crippen molar-refractivity contribution in [3.8, 4) is 0 Å². The molecular formula is C8H15F3N2O. The quantitative estimate of drug-likeness (QED) is 0.672. The number of hydrogen-bond acceptors (Lipinski definition) is 2. The fourth-order valence-electron chi connectivity index (χ4n) is 0.823. The van der Waals surface area contributed by atoms with E-state index in [-0.39, 0.29) is 18.9 Å². The molecule has 0 heterocycles. The topological polar surface area (TPSA) is 55.1 Å². The van der Waals surface area contributed by atoms with E-state index in [1.165, 1.54) is 6.92 Å². The van der Waals surface area contributed by atoms with Crippen LogP contribution in [0.1, 0.15) is 26.2 Å². The molecule has 0 aliphatic rings. The van der Waals surface area contributed by atoms with Crippen LogP contribution >= 0.6 is 0 Å². The second-order valence-corrected chi connectivity index (χ2v) is 3.15. The normalized spacial score (nSPS) is 13.8. The zero-order valence-corrected chi connectivity index (χ0v) is 8.03. The minimum Gasteiger partial charge on any atom is -0.355 e. The molecule has 14 heavy (non-hydrogen) atoms. The van der Waals surface area contributed by atoms with Crippen LogP contribution in [-0.2, 0) is 4.79 Å². The number of nitrogens with two attached hydrogens (primary N) is 1. The molecule has 0 aromatic heterocycles. The van der Waals surface area contributed by atoms with Gasteiger partial charge in [-0.2, -0.15) is 13.2 Å². The van der Waals surface area contributed by atoms with Crippen LogP contribution in [-0.4, -0.2) is 24.7 Å². The van der Waals surface area contributed by atoms with E-state index in [9.17, 15) is 18.0 Å². The van der Waals surface area contributed by atoms with Crippen molar-refractivity contribution in [3.63, 3.8) is 0 Å². The fourth-order valence-corrected chi connectivity index (χ4v) is 0.823. The maximum atomic E-state index is 11.7. The van der Waals surface area contributed by atoms with Crippen molar-refractivity contribution in [1.29, 1.82) is 0 Å². The summed E-state index contributed by atoms with van der Waals surface area (Å²) in [6, 6.07) is -0.613. The smallest absolute Gasteiger partial charge is 0.355 e. The van der Waals surface area contributed by atoms with Gasteiger partial charge in [-0.05, 0) is 19.8 Å². The predicted octanol–water partition coefficient (Wildman–Crippen LogP) is 1.18. The highest BCUT2D eigenvalue weighted by atomic mass is 19.4. The average molecular weight is 212 g/mol. The Morgan fingerprint density at radius 3 is 2.43 bits per heavy atom. The lowest BCUT2D eigenvalue weighted by Gasteiger charge is -2.08. The Labute approximate surface area is 80.8 Å². The number of halogens is 3. The van der Waals surface area contributed by atoms with Crippen LogP contribution in [0.4, 0.5) is 13.2 Å². The first kappa shape index (κ1) is 13.2. The molecule has 0 rings (SSSR count). The van der Waals surface area contributed by atoms with Crippen LogP contribution in [0, 0.1) is 0 Å². The summed E-state index contributed by atoms with van der Waals surface area (Å²) >= 11 is 0. The van der Waals surface area contributed by atoms with Crippen LogP contribution in [0.25, 0.3) is 0 Å². The number of amides is 1. The molecular weight excluding hydrogens is 197 g/mol. The first-order valence-electron chi connectivity index (χ1n) is 4.43. The van der Waals surface area contributed by atoms with E-state index in [1.54, 1.807) is 0 Å². The van der Waals surface area contributed by atoms with E-state index in [2.05, 4.69) is 5.32 Å². The number of alkyl halides is 3. The van der Waals surface area contributed by atoms with Crippen LogP contribution in [0.5, 0.6) is 0 Å². The minimum atomic E-state index is -4.11. The first-order valence-corrected chi connectivity index (χ1v) is 4.43. The van der Waals surface area contributed by atoms with Crippen molar-refractivity contribution in [2.75, 3.05) is 6.54 Å². The molecule has 0 aliphatic heterocycles. The van der Waals surface area contributed by atoms with E-state index in [1.807, 2.05) is 0 Å². The van der Waals surface area contributed by atoms with Crippen molar-refractivity contribution in [3.05, 3.63) is 0 Å². The Morgan fingerprint density at radius 1 is 1.43 bits per heavy atom. The zero-order chi connectivity index (χ0) is 11.2. The van der Waals surface area contributed by atoms with Crippen molar-refractivity contribution >= 4 is 5.91 Å². The number of nitrogens with one attached hydrogen (secondary N) is 1. The first-order chi connectivity index (χ1) is 6.33. The van der Waals surface area contributed by atoms with Gasteiger partial charge in [0.2, 0.25) is 5.91 Å². The number of carbonyl (C=O) groups excluding carboxylic acids is 1. The standard InChI is InChI=1S/C8H15F3N2O/c1-6(12)7(14)13-5-3-2-4-8(9,10)11/h6H,2-5,12H2,1H3,(H,13,14)/t6-/m0/s1. The molecule has 0 aromatic carbocycles. The Kier molecular flexibility index (Phi) is 5.52. The Hall–Kier alpha value is -0.780. The van der Waals surface area contributed by atoms with Crippen LogP contribution < -0.4 is 11.1 Å². The van der Waals surface area contributed by atoms with Gasteiger partial charge in [0.15, 0.2) is 0 Å². The summed E-state index contributed by atoms with van der Waals surface area (Å²) < 4.78 is 35.0. The Bertz CT molecular complexity index is 180. The van der Waals surface area contributed by atoms with Gasteiger partial charge in [0.05, 0.1) is 6.04 Å². The van der Waals surface area contributed by atoms with E-state index >= 15 is 0 Å².